The van der Waals surface area contributed by atoms with Crippen LogP contribution in [0.25, 0.3) is 0 Å². The summed E-state index contributed by atoms with van der Waals surface area (Å²) in [4.78, 5) is 0. The lowest BCUT2D eigenvalue weighted by Gasteiger charge is -2.33. The molecule has 0 bridgehead atoms. The second-order valence-corrected chi connectivity index (χ2v) is 5.28. The van der Waals surface area contributed by atoms with Crippen molar-refractivity contribution in [3.63, 3.8) is 0 Å². The summed E-state index contributed by atoms with van der Waals surface area (Å²) in [6.45, 7) is 0.721. The van der Waals surface area contributed by atoms with E-state index in [0.717, 1.165) is 12.8 Å². The molecule has 0 saturated heterocycles. The van der Waals surface area contributed by atoms with Crippen LogP contribution in [0.5, 0.6) is 0 Å². The van der Waals surface area contributed by atoms with E-state index >= 15 is 0 Å². The molecule has 3 heteroatoms. The fourth-order valence-corrected chi connectivity index (χ4v) is 2.57. The molecule has 0 atom stereocenters. The smallest absolute Gasteiger partial charge is 0.0885 e. The van der Waals surface area contributed by atoms with Crippen LogP contribution in [0.15, 0.2) is 60.7 Å². The Balaban J connectivity index is 2.20. The van der Waals surface area contributed by atoms with Gasteiger partial charge in [0.15, 0.2) is 0 Å². The third-order valence-corrected chi connectivity index (χ3v) is 3.61. The van der Waals surface area contributed by atoms with Gasteiger partial charge in [0.05, 0.1) is 18.8 Å². The molecule has 3 nitrogen and oxygen atoms in total. The molecule has 21 heavy (non-hydrogen) atoms. The van der Waals surface area contributed by atoms with Crippen molar-refractivity contribution in [3.8, 4) is 0 Å². The maximum atomic E-state index is 9.09. The van der Waals surface area contributed by atoms with Crippen LogP contribution in [0.4, 0.5) is 0 Å². The lowest BCUT2D eigenvalue weighted by Crippen LogP contribution is -2.45. The third-order valence-electron chi connectivity index (χ3n) is 3.61. The van der Waals surface area contributed by atoms with E-state index in [2.05, 4.69) is 24.3 Å². The van der Waals surface area contributed by atoms with Gasteiger partial charge in [0.2, 0.25) is 0 Å². The van der Waals surface area contributed by atoms with Crippen molar-refractivity contribution < 1.29 is 9.84 Å². The maximum Gasteiger partial charge on any atom is 0.0885 e. The van der Waals surface area contributed by atoms with Gasteiger partial charge in [-0.05, 0) is 11.1 Å². The van der Waals surface area contributed by atoms with Gasteiger partial charge >= 0.3 is 0 Å². The molecule has 0 aliphatic rings. The average molecular weight is 285 g/mol. The zero-order valence-corrected chi connectivity index (χ0v) is 12.2. The molecule has 0 saturated carbocycles. The van der Waals surface area contributed by atoms with Crippen LogP contribution in [0.2, 0.25) is 0 Å². The van der Waals surface area contributed by atoms with E-state index in [1.54, 1.807) is 0 Å². The highest BCUT2D eigenvalue weighted by atomic mass is 16.5. The number of benzene rings is 2. The fraction of sp³-hybridized carbons (Fsp3) is 0.333. The zero-order chi connectivity index (χ0) is 15.0. The minimum Gasteiger partial charge on any atom is -0.394 e. The van der Waals surface area contributed by atoms with Gasteiger partial charge in [0.1, 0.15) is 0 Å². The summed E-state index contributed by atoms with van der Waals surface area (Å²) in [6, 6.07) is 20.4. The predicted octanol–water partition coefficient (Wildman–Crippen LogP) is 2.18. The van der Waals surface area contributed by atoms with Gasteiger partial charge in [-0.1, -0.05) is 60.7 Å². The summed E-state index contributed by atoms with van der Waals surface area (Å²) < 4.78 is 5.96. The molecule has 2 aromatic rings. The predicted molar refractivity (Wildman–Crippen MR) is 85.1 cm³/mol. The monoisotopic (exact) mass is 285 g/mol. The quantitative estimate of drug-likeness (QED) is 0.781. The van der Waals surface area contributed by atoms with Crippen LogP contribution in [-0.4, -0.2) is 30.5 Å². The molecular formula is C18H23NO2. The average Bonchev–Trinajstić information content (AvgIpc) is 2.54. The summed E-state index contributed by atoms with van der Waals surface area (Å²) in [6.07, 6.45) is 1.47. The van der Waals surface area contributed by atoms with E-state index in [0.29, 0.717) is 13.2 Å². The van der Waals surface area contributed by atoms with Gasteiger partial charge in [0.25, 0.3) is 0 Å². The second kappa shape index (κ2) is 7.93. The van der Waals surface area contributed by atoms with Crippen molar-refractivity contribution in [2.24, 2.45) is 5.73 Å². The number of aliphatic hydroxyl groups excluding tert-OH is 1. The van der Waals surface area contributed by atoms with Crippen molar-refractivity contribution in [3.05, 3.63) is 71.8 Å². The second-order valence-electron chi connectivity index (χ2n) is 5.28. The van der Waals surface area contributed by atoms with Crippen LogP contribution < -0.4 is 5.73 Å². The van der Waals surface area contributed by atoms with Crippen LogP contribution in [0.3, 0.4) is 0 Å². The molecule has 2 rings (SSSR count). The Kier molecular flexibility index (Phi) is 5.93. The first kappa shape index (κ1) is 15.7. The lowest BCUT2D eigenvalue weighted by molar-refractivity contribution is -0.0515. The van der Waals surface area contributed by atoms with Crippen molar-refractivity contribution in [2.45, 2.75) is 18.4 Å². The highest BCUT2D eigenvalue weighted by Crippen LogP contribution is 2.22. The standard InChI is InChI=1S/C18H23NO2/c19-15-18(21-12-11-20,13-16-7-3-1-4-8-16)14-17-9-5-2-6-10-17/h1-10,20H,11-15,19H2. The molecular weight excluding hydrogens is 262 g/mol. The number of aliphatic hydroxyl groups is 1. The minimum absolute atomic E-state index is 0.00529. The Morgan fingerprint density at radius 3 is 1.71 bits per heavy atom. The molecule has 0 amide bonds. The van der Waals surface area contributed by atoms with Crippen LogP contribution in [0, 0.1) is 0 Å². The Morgan fingerprint density at radius 1 is 0.857 bits per heavy atom. The summed E-state index contributed by atoms with van der Waals surface area (Å²) >= 11 is 0. The number of hydrogen-bond donors (Lipinski definition) is 2. The maximum absolute atomic E-state index is 9.09. The molecule has 0 aromatic heterocycles. The van der Waals surface area contributed by atoms with Crippen molar-refractivity contribution in [1.82, 2.24) is 0 Å². The molecule has 0 aliphatic heterocycles. The molecule has 3 N–H and O–H groups in total. The Bertz CT molecular complexity index is 472. The summed E-state index contributed by atoms with van der Waals surface area (Å²) in [5, 5.41) is 9.09. The van der Waals surface area contributed by atoms with Crippen molar-refractivity contribution >= 4 is 0 Å². The van der Waals surface area contributed by atoms with Gasteiger partial charge in [-0.25, -0.2) is 0 Å². The molecule has 112 valence electrons. The topological polar surface area (TPSA) is 55.5 Å². The number of hydrogen-bond acceptors (Lipinski definition) is 3. The summed E-state index contributed by atoms with van der Waals surface area (Å²) in [5.41, 5.74) is 7.94. The number of nitrogens with two attached hydrogens (primary N) is 1. The minimum atomic E-state index is -0.481. The van der Waals surface area contributed by atoms with Gasteiger partial charge in [-0.15, -0.1) is 0 Å². The third kappa shape index (κ3) is 4.67. The molecule has 0 unspecified atom stereocenters. The van der Waals surface area contributed by atoms with E-state index < -0.39 is 5.60 Å². The molecule has 0 fully saturated rings. The van der Waals surface area contributed by atoms with Gasteiger partial charge in [-0.3, -0.25) is 0 Å². The molecule has 0 heterocycles. The summed E-state index contributed by atoms with van der Waals surface area (Å²) in [5.74, 6) is 0. The van der Waals surface area contributed by atoms with Crippen LogP contribution >= 0.6 is 0 Å². The SMILES string of the molecule is NCC(Cc1ccccc1)(Cc1ccccc1)OCCO. The van der Waals surface area contributed by atoms with E-state index in [1.807, 2.05) is 36.4 Å². The van der Waals surface area contributed by atoms with E-state index in [9.17, 15) is 0 Å². The largest absolute Gasteiger partial charge is 0.394 e. The first-order valence-corrected chi connectivity index (χ1v) is 7.31. The Hall–Kier alpha value is -1.68. The summed E-state index contributed by atoms with van der Waals surface area (Å²) in [7, 11) is 0. The zero-order valence-electron chi connectivity index (χ0n) is 12.2. The molecule has 0 aliphatic carbocycles. The molecule has 2 aromatic carbocycles. The first-order chi connectivity index (χ1) is 10.3. The van der Waals surface area contributed by atoms with E-state index in [4.69, 9.17) is 15.6 Å². The van der Waals surface area contributed by atoms with Gasteiger partial charge < -0.3 is 15.6 Å². The number of ether oxygens (including phenoxy) is 1. The van der Waals surface area contributed by atoms with Gasteiger partial charge in [-0.2, -0.15) is 0 Å². The molecule has 0 spiro atoms. The first-order valence-electron chi connectivity index (χ1n) is 7.31. The fourth-order valence-electron chi connectivity index (χ4n) is 2.57. The Morgan fingerprint density at radius 2 is 1.33 bits per heavy atom. The van der Waals surface area contributed by atoms with Crippen molar-refractivity contribution in [1.29, 1.82) is 0 Å². The van der Waals surface area contributed by atoms with E-state index in [-0.39, 0.29) is 6.61 Å². The highest BCUT2D eigenvalue weighted by molar-refractivity contribution is 5.22. The van der Waals surface area contributed by atoms with Crippen LogP contribution in [0.1, 0.15) is 11.1 Å². The normalized spacial score (nSPS) is 11.5. The number of rotatable bonds is 8. The Labute approximate surface area is 126 Å². The highest BCUT2D eigenvalue weighted by Gasteiger charge is 2.30. The lowest BCUT2D eigenvalue weighted by atomic mass is 9.87. The van der Waals surface area contributed by atoms with Crippen LogP contribution in [-0.2, 0) is 17.6 Å². The van der Waals surface area contributed by atoms with E-state index in [1.165, 1.54) is 11.1 Å². The van der Waals surface area contributed by atoms with Crippen molar-refractivity contribution in [2.75, 3.05) is 19.8 Å². The molecule has 0 radical (unpaired) electrons. The van der Waals surface area contributed by atoms with Gasteiger partial charge in [0, 0.05) is 19.4 Å².